The Morgan fingerprint density at radius 3 is 2.68 bits per heavy atom. The molecule has 1 heterocycles. The molecule has 0 unspecified atom stereocenters. The van der Waals surface area contributed by atoms with E-state index in [0.717, 1.165) is 19.6 Å². The summed E-state index contributed by atoms with van der Waals surface area (Å²) < 4.78 is 2.36. The third-order valence-electron chi connectivity index (χ3n) is 3.48. The highest BCUT2D eigenvalue weighted by Gasteiger charge is 2.09. The third kappa shape index (κ3) is 3.37. The molecule has 1 aromatic heterocycles. The van der Waals surface area contributed by atoms with Crippen LogP contribution in [0.5, 0.6) is 0 Å². The summed E-state index contributed by atoms with van der Waals surface area (Å²) in [7, 11) is 2.00. The van der Waals surface area contributed by atoms with Gasteiger partial charge in [-0.05, 0) is 52.0 Å². The van der Waals surface area contributed by atoms with E-state index in [4.69, 9.17) is 0 Å². The van der Waals surface area contributed by atoms with Gasteiger partial charge < -0.3 is 15.2 Å². The molecule has 2 aromatic rings. The Labute approximate surface area is 116 Å². The first-order chi connectivity index (χ1) is 9.24. The van der Waals surface area contributed by atoms with Crippen molar-refractivity contribution in [1.82, 2.24) is 15.2 Å². The van der Waals surface area contributed by atoms with Crippen molar-refractivity contribution >= 4 is 10.9 Å². The lowest BCUT2D eigenvalue weighted by atomic mass is 10.2. The van der Waals surface area contributed by atoms with E-state index in [1.165, 1.54) is 22.9 Å². The molecule has 0 amide bonds. The summed E-state index contributed by atoms with van der Waals surface area (Å²) in [5.41, 5.74) is 2.73. The smallest absolute Gasteiger partial charge is 0.0486 e. The average molecular weight is 259 g/mol. The van der Waals surface area contributed by atoms with Crippen LogP contribution in [0.2, 0.25) is 0 Å². The Morgan fingerprint density at radius 1 is 1.16 bits per heavy atom. The lowest BCUT2D eigenvalue weighted by molar-refractivity contribution is 0.608. The van der Waals surface area contributed by atoms with Gasteiger partial charge >= 0.3 is 0 Å². The van der Waals surface area contributed by atoms with Crippen LogP contribution in [0, 0.1) is 0 Å². The minimum Gasteiger partial charge on any atom is -0.345 e. The van der Waals surface area contributed by atoms with Crippen molar-refractivity contribution in [2.45, 2.75) is 32.9 Å². The summed E-state index contributed by atoms with van der Waals surface area (Å²) in [4.78, 5) is 0. The molecule has 0 bridgehead atoms. The molecule has 1 aromatic carbocycles. The molecule has 0 saturated heterocycles. The number of para-hydroxylation sites is 1. The van der Waals surface area contributed by atoms with Gasteiger partial charge in [-0.15, -0.1) is 0 Å². The zero-order valence-electron chi connectivity index (χ0n) is 12.2. The summed E-state index contributed by atoms with van der Waals surface area (Å²) >= 11 is 0. The fourth-order valence-corrected chi connectivity index (χ4v) is 2.46. The summed E-state index contributed by atoms with van der Waals surface area (Å²) in [5.74, 6) is 0. The van der Waals surface area contributed by atoms with Crippen LogP contribution in [0.3, 0.4) is 0 Å². The topological polar surface area (TPSA) is 29.0 Å². The number of hydrogen-bond acceptors (Lipinski definition) is 2. The first-order valence-corrected chi connectivity index (χ1v) is 7.17. The molecule has 19 heavy (non-hydrogen) atoms. The highest BCUT2D eigenvalue weighted by molar-refractivity contribution is 5.84. The molecule has 3 nitrogen and oxygen atoms in total. The van der Waals surface area contributed by atoms with Crippen molar-refractivity contribution < 1.29 is 0 Å². The quantitative estimate of drug-likeness (QED) is 0.749. The monoisotopic (exact) mass is 259 g/mol. The van der Waals surface area contributed by atoms with E-state index in [0.29, 0.717) is 6.04 Å². The maximum absolute atomic E-state index is 3.53. The normalized spacial score (nSPS) is 11.6. The molecule has 0 aliphatic heterocycles. The van der Waals surface area contributed by atoms with Gasteiger partial charge in [0.25, 0.3) is 0 Å². The van der Waals surface area contributed by atoms with E-state index in [-0.39, 0.29) is 0 Å². The first-order valence-electron chi connectivity index (χ1n) is 7.17. The molecule has 0 radical (unpaired) electrons. The summed E-state index contributed by atoms with van der Waals surface area (Å²) in [5, 5.41) is 8.07. The lowest BCUT2D eigenvalue weighted by Gasteiger charge is -2.08. The van der Waals surface area contributed by atoms with Gasteiger partial charge in [-0.3, -0.25) is 0 Å². The first kappa shape index (κ1) is 14.1. The van der Waals surface area contributed by atoms with E-state index in [9.17, 15) is 0 Å². The maximum atomic E-state index is 3.53. The predicted molar refractivity (Wildman–Crippen MR) is 82.6 cm³/mol. The van der Waals surface area contributed by atoms with Crippen LogP contribution in [-0.2, 0) is 6.54 Å². The second-order valence-electron chi connectivity index (χ2n) is 5.31. The molecule has 3 heteroatoms. The minimum atomic E-state index is 0.503. The molecule has 0 atom stereocenters. The molecule has 104 valence electrons. The van der Waals surface area contributed by atoms with Crippen LogP contribution in [0.1, 0.15) is 31.9 Å². The number of rotatable bonds is 7. The highest BCUT2D eigenvalue weighted by Crippen LogP contribution is 2.24. The van der Waals surface area contributed by atoms with Crippen LogP contribution in [0.15, 0.2) is 30.5 Å². The fourth-order valence-electron chi connectivity index (χ4n) is 2.46. The van der Waals surface area contributed by atoms with Gasteiger partial charge in [-0.1, -0.05) is 18.2 Å². The minimum absolute atomic E-state index is 0.503. The SMILES string of the molecule is CNCCCNCc1cn(C(C)C)c2ccccc12. The van der Waals surface area contributed by atoms with Gasteiger partial charge in [0.1, 0.15) is 0 Å². The van der Waals surface area contributed by atoms with Crippen LogP contribution in [-0.4, -0.2) is 24.7 Å². The maximum Gasteiger partial charge on any atom is 0.0486 e. The van der Waals surface area contributed by atoms with E-state index in [1.54, 1.807) is 0 Å². The number of hydrogen-bond donors (Lipinski definition) is 2. The van der Waals surface area contributed by atoms with Crippen molar-refractivity contribution in [2.75, 3.05) is 20.1 Å². The van der Waals surface area contributed by atoms with Gasteiger partial charge in [-0.2, -0.15) is 0 Å². The molecular formula is C16H25N3. The summed E-state index contributed by atoms with van der Waals surface area (Å²) in [6, 6.07) is 9.17. The summed E-state index contributed by atoms with van der Waals surface area (Å²) in [6.07, 6.45) is 3.46. The van der Waals surface area contributed by atoms with Crippen LogP contribution < -0.4 is 10.6 Å². The molecule has 2 N–H and O–H groups in total. The van der Waals surface area contributed by atoms with E-state index < -0.39 is 0 Å². The molecule has 2 rings (SSSR count). The Morgan fingerprint density at radius 2 is 1.95 bits per heavy atom. The second kappa shape index (κ2) is 6.73. The van der Waals surface area contributed by atoms with Crippen LogP contribution in [0.4, 0.5) is 0 Å². The molecule has 0 fully saturated rings. The molecule has 0 aliphatic rings. The Balaban J connectivity index is 2.10. The van der Waals surface area contributed by atoms with Gasteiger partial charge in [-0.25, -0.2) is 0 Å². The highest BCUT2D eigenvalue weighted by atomic mass is 15.0. The van der Waals surface area contributed by atoms with E-state index in [1.807, 2.05) is 7.05 Å². The van der Waals surface area contributed by atoms with E-state index >= 15 is 0 Å². The van der Waals surface area contributed by atoms with Crippen molar-refractivity contribution in [2.24, 2.45) is 0 Å². The van der Waals surface area contributed by atoms with Gasteiger partial charge in [0, 0.05) is 29.7 Å². The largest absolute Gasteiger partial charge is 0.345 e. The number of nitrogens with zero attached hydrogens (tertiary/aromatic N) is 1. The summed E-state index contributed by atoms with van der Waals surface area (Å²) in [6.45, 7) is 7.54. The van der Waals surface area contributed by atoms with Gasteiger partial charge in [0.2, 0.25) is 0 Å². The number of nitrogens with one attached hydrogen (secondary N) is 2. The fraction of sp³-hybridized carbons (Fsp3) is 0.500. The standard InChI is InChI=1S/C16H25N3/c1-13(2)19-12-14(11-18-10-6-9-17-3)15-7-4-5-8-16(15)19/h4-5,7-8,12-13,17-18H,6,9-11H2,1-3H3. The van der Waals surface area contributed by atoms with Crippen molar-refractivity contribution in [3.8, 4) is 0 Å². The van der Waals surface area contributed by atoms with Gasteiger partial charge in [0.05, 0.1) is 0 Å². The number of aromatic nitrogens is 1. The van der Waals surface area contributed by atoms with Crippen molar-refractivity contribution in [3.05, 3.63) is 36.0 Å². The Kier molecular flexibility index (Phi) is 5.00. The second-order valence-corrected chi connectivity index (χ2v) is 5.31. The Bertz CT molecular complexity index is 514. The molecular weight excluding hydrogens is 234 g/mol. The van der Waals surface area contributed by atoms with Gasteiger partial charge in [0.15, 0.2) is 0 Å². The van der Waals surface area contributed by atoms with Crippen molar-refractivity contribution in [1.29, 1.82) is 0 Å². The zero-order valence-corrected chi connectivity index (χ0v) is 12.2. The average Bonchev–Trinajstić information content (AvgIpc) is 2.78. The van der Waals surface area contributed by atoms with Crippen LogP contribution >= 0.6 is 0 Å². The zero-order chi connectivity index (χ0) is 13.7. The third-order valence-corrected chi connectivity index (χ3v) is 3.48. The number of benzene rings is 1. The molecule has 0 spiro atoms. The van der Waals surface area contributed by atoms with Crippen LogP contribution in [0.25, 0.3) is 10.9 Å². The van der Waals surface area contributed by atoms with E-state index in [2.05, 4.69) is 59.5 Å². The Hall–Kier alpha value is -1.32. The number of fused-ring (bicyclic) bond motifs is 1. The molecule has 0 saturated carbocycles. The predicted octanol–water partition coefficient (Wildman–Crippen LogP) is 2.92. The van der Waals surface area contributed by atoms with Crippen molar-refractivity contribution in [3.63, 3.8) is 0 Å². The molecule has 0 aliphatic carbocycles. The lowest BCUT2D eigenvalue weighted by Crippen LogP contribution is -2.19.